The average molecular weight is 281 g/mol. The van der Waals surface area contributed by atoms with E-state index >= 15 is 0 Å². The second kappa shape index (κ2) is 6.55. The molecule has 0 heterocycles. The first-order valence-electron chi connectivity index (χ1n) is 5.97. The molecule has 1 N–H and O–H groups in total. The van der Waals surface area contributed by atoms with Crippen molar-refractivity contribution in [3.05, 3.63) is 64.9 Å². The Hall–Kier alpha value is -1.58. The Morgan fingerprint density at radius 2 is 1.89 bits per heavy atom. The van der Waals surface area contributed by atoms with Crippen LogP contribution in [0.15, 0.2) is 48.5 Å². The topological polar surface area (TPSA) is 29.5 Å². The molecule has 0 spiro atoms. The number of hydrogen-bond donors (Lipinski definition) is 1. The van der Waals surface area contributed by atoms with Gasteiger partial charge in [-0.05, 0) is 24.3 Å². The van der Waals surface area contributed by atoms with Crippen LogP contribution in [0.1, 0.15) is 18.1 Å². The summed E-state index contributed by atoms with van der Waals surface area (Å²) in [6, 6.07) is 13.5. The molecule has 0 fully saturated rings. The van der Waals surface area contributed by atoms with Gasteiger partial charge in [-0.25, -0.2) is 4.39 Å². The standard InChI is InChI=1S/C15H14ClFO2/c16-11-6-7-13(14(17)10-11)15(18)8-9-19-12-4-2-1-3-5-12/h1-7,10,15,18H,8-9H2. The van der Waals surface area contributed by atoms with Crippen molar-refractivity contribution in [1.29, 1.82) is 0 Å². The molecule has 1 atom stereocenters. The zero-order valence-electron chi connectivity index (χ0n) is 10.2. The summed E-state index contributed by atoms with van der Waals surface area (Å²) in [6.07, 6.45) is -0.589. The van der Waals surface area contributed by atoms with Gasteiger partial charge in [-0.15, -0.1) is 0 Å². The van der Waals surface area contributed by atoms with E-state index in [4.69, 9.17) is 16.3 Å². The minimum atomic E-state index is -0.902. The minimum Gasteiger partial charge on any atom is -0.493 e. The van der Waals surface area contributed by atoms with E-state index in [0.29, 0.717) is 18.1 Å². The summed E-state index contributed by atoms with van der Waals surface area (Å²) in [5.41, 5.74) is 0.237. The van der Waals surface area contributed by atoms with Crippen LogP contribution in [0, 0.1) is 5.82 Å². The van der Waals surface area contributed by atoms with Crippen LogP contribution in [0.4, 0.5) is 4.39 Å². The molecule has 0 saturated carbocycles. The van der Waals surface area contributed by atoms with Gasteiger partial charge in [0.25, 0.3) is 0 Å². The SMILES string of the molecule is OC(CCOc1ccccc1)c1ccc(Cl)cc1F. The molecule has 1 unspecified atom stereocenters. The van der Waals surface area contributed by atoms with Crippen LogP contribution < -0.4 is 4.74 Å². The van der Waals surface area contributed by atoms with Gasteiger partial charge in [0.05, 0.1) is 12.7 Å². The highest BCUT2D eigenvalue weighted by atomic mass is 35.5. The number of halogens is 2. The summed E-state index contributed by atoms with van der Waals surface area (Å²) < 4.78 is 19.0. The summed E-state index contributed by atoms with van der Waals surface area (Å²) in [7, 11) is 0. The molecule has 0 aliphatic rings. The lowest BCUT2D eigenvalue weighted by Gasteiger charge is -2.13. The summed E-state index contributed by atoms with van der Waals surface area (Å²) in [5.74, 6) is 0.228. The number of para-hydroxylation sites is 1. The van der Waals surface area contributed by atoms with Gasteiger partial charge < -0.3 is 9.84 Å². The summed E-state index contributed by atoms with van der Waals surface area (Å²) in [4.78, 5) is 0. The van der Waals surface area contributed by atoms with Crippen LogP contribution in [0.25, 0.3) is 0 Å². The highest BCUT2D eigenvalue weighted by molar-refractivity contribution is 6.30. The average Bonchev–Trinajstić information content (AvgIpc) is 2.39. The summed E-state index contributed by atoms with van der Waals surface area (Å²) >= 11 is 5.66. The van der Waals surface area contributed by atoms with Crippen molar-refractivity contribution >= 4 is 11.6 Å². The molecule has 4 heteroatoms. The maximum absolute atomic E-state index is 13.6. The van der Waals surface area contributed by atoms with E-state index in [2.05, 4.69) is 0 Å². The van der Waals surface area contributed by atoms with Gasteiger partial charge in [-0.1, -0.05) is 35.9 Å². The van der Waals surface area contributed by atoms with Crippen LogP contribution in [-0.2, 0) is 0 Å². The quantitative estimate of drug-likeness (QED) is 0.898. The van der Waals surface area contributed by atoms with Gasteiger partial charge in [-0.2, -0.15) is 0 Å². The number of aliphatic hydroxyl groups excluding tert-OH is 1. The van der Waals surface area contributed by atoms with Crippen LogP contribution >= 0.6 is 11.6 Å². The third-order valence-corrected chi connectivity index (χ3v) is 2.96. The molecule has 2 rings (SSSR count). The molecule has 0 aromatic heterocycles. The Bertz CT molecular complexity index is 531. The van der Waals surface area contributed by atoms with Crippen molar-refractivity contribution in [3.8, 4) is 5.75 Å². The van der Waals surface area contributed by atoms with E-state index in [9.17, 15) is 9.50 Å². The Kier molecular flexibility index (Phi) is 4.77. The molecule has 19 heavy (non-hydrogen) atoms. The predicted octanol–water partition coefficient (Wildman–Crippen LogP) is 3.98. The molecule has 0 saturated heterocycles. The van der Waals surface area contributed by atoms with E-state index in [-0.39, 0.29) is 5.56 Å². The second-order valence-corrected chi connectivity index (χ2v) is 4.57. The normalized spacial score (nSPS) is 12.2. The summed E-state index contributed by atoms with van der Waals surface area (Å²) in [5, 5.41) is 10.2. The number of aliphatic hydroxyl groups is 1. The van der Waals surface area contributed by atoms with Gasteiger partial charge >= 0.3 is 0 Å². The second-order valence-electron chi connectivity index (χ2n) is 4.13. The monoisotopic (exact) mass is 280 g/mol. The third-order valence-electron chi connectivity index (χ3n) is 2.72. The Balaban J connectivity index is 1.89. The molecule has 0 aliphatic heterocycles. The molecule has 2 aromatic rings. The van der Waals surface area contributed by atoms with Gasteiger partial charge in [0.2, 0.25) is 0 Å². The number of benzene rings is 2. The van der Waals surface area contributed by atoms with Gasteiger partial charge in [0.1, 0.15) is 11.6 Å². The van der Waals surface area contributed by atoms with Gasteiger partial charge in [0.15, 0.2) is 0 Å². The molecule has 2 nitrogen and oxygen atoms in total. The summed E-state index contributed by atoms with van der Waals surface area (Å²) in [6.45, 7) is 0.313. The van der Waals surface area contributed by atoms with Crippen molar-refractivity contribution < 1.29 is 14.2 Å². The molecule has 0 bridgehead atoms. The van der Waals surface area contributed by atoms with Crippen molar-refractivity contribution in [3.63, 3.8) is 0 Å². The van der Waals surface area contributed by atoms with Crippen LogP contribution in [0.3, 0.4) is 0 Å². The van der Waals surface area contributed by atoms with Crippen LogP contribution in [0.2, 0.25) is 5.02 Å². The molecular weight excluding hydrogens is 267 g/mol. The van der Waals surface area contributed by atoms with Crippen LogP contribution in [0.5, 0.6) is 5.75 Å². The lowest BCUT2D eigenvalue weighted by molar-refractivity contribution is 0.137. The van der Waals surface area contributed by atoms with E-state index in [1.54, 1.807) is 6.07 Å². The third kappa shape index (κ3) is 3.94. The lowest BCUT2D eigenvalue weighted by atomic mass is 10.1. The van der Waals surface area contributed by atoms with E-state index in [0.717, 1.165) is 5.75 Å². The smallest absolute Gasteiger partial charge is 0.130 e. The van der Waals surface area contributed by atoms with E-state index in [1.807, 2.05) is 30.3 Å². The number of ether oxygens (including phenoxy) is 1. The first-order chi connectivity index (χ1) is 9.16. The molecule has 0 amide bonds. The van der Waals surface area contributed by atoms with Gasteiger partial charge in [0, 0.05) is 17.0 Å². The van der Waals surface area contributed by atoms with Crippen molar-refractivity contribution in [1.82, 2.24) is 0 Å². The van der Waals surface area contributed by atoms with Crippen molar-refractivity contribution in [2.75, 3.05) is 6.61 Å². The van der Waals surface area contributed by atoms with Crippen molar-refractivity contribution in [2.24, 2.45) is 0 Å². The zero-order chi connectivity index (χ0) is 13.7. The Morgan fingerprint density at radius 1 is 1.16 bits per heavy atom. The molecule has 0 radical (unpaired) electrons. The first kappa shape index (κ1) is 13.8. The maximum atomic E-state index is 13.6. The number of rotatable bonds is 5. The molecule has 2 aromatic carbocycles. The minimum absolute atomic E-state index is 0.237. The predicted molar refractivity (Wildman–Crippen MR) is 72.9 cm³/mol. The van der Waals surface area contributed by atoms with E-state index in [1.165, 1.54) is 12.1 Å². The lowest BCUT2D eigenvalue weighted by Crippen LogP contribution is -2.07. The first-order valence-corrected chi connectivity index (χ1v) is 6.35. The fraction of sp³-hybridized carbons (Fsp3) is 0.200. The Labute approximate surface area is 116 Å². The fourth-order valence-electron chi connectivity index (χ4n) is 1.73. The fourth-order valence-corrected chi connectivity index (χ4v) is 1.89. The maximum Gasteiger partial charge on any atom is 0.130 e. The van der Waals surface area contributed by atoms with E-state index < -0.39 is 11.9 Å². The highest BCUT2D eigenvalue weighted by Gasteiger charge is 2.13. The van der Waals surface area contributed by atoms with Gasteiger partial charge in [-0.3, -0.25) is 0 Å². The molecular formula is C15H14ClFO2. The molecule has 0 aliphatic carbocycles. The molecule has 100 valence electrons. The highest BCUT2D eigenvalue weighted by Crippen LogP contribution is 2.23. The number of hydrogen-bond acceptors (Lipinski definition) is 2. The zero-order valence-corrected chi connectivity index (χ0v) is 11.0. The van der Waals surface area contributed by atoms with Crippen LogP contribution in [-0.4, -0.2) is 11.7 Å². The largest absolute Gasteiger partial charge is 0.493 e. The van der Waals surface area contributed by atoms with Crippen molar-refractivity contribution in [2.45, 2.75) is 12.5 Å². The Morgan fingerprint density at radius 3 is 2.58 bits per heavy atom.